The summed E-state index contributed by atoms with van der Waals surface area (Å²) in [4.78, 5) is 47.8. The van der Waals surface area contributed by atoms with E-state index in [1.54, 1.807) is 18.1 Å². The molecule has 7 rings (SSSR count). The van der Waals surface area contributed by atoms with E-state index in [9.17, 15) is 14.4 Å². The van der Waals surface area contributed by atoms with E-state index in [4.69, 9.17) is 14.5 Å². The number of imide groups is 1. The molecule has 1 unspecified atom stereocenters. The van der Waals surface area contributed by atoms with E-state index in [1.165, 1.54) is 5.56 Å². The van der Waals surface area contributed by atoms with Gasteiger partial charge in [-0.3, -0.25) is 24.6 Å². The number of anilines is 1. The van der Waals surface area contributed by atoms with Gasteiger partial charge in [-0.1, -0.05) is 6.07 Å². The van der Waals surface area contributed by atoms with Crippen LogP contribution in [0.2, 0.25) is 0 Å². The lowest BCUT2D eigenvalue weighted by atomic mass is 10.0. The van der Waals surface area contributed by atoms with Crippen LogP contribution in [0, 0.1) is 0 Å². The van der Waals surface area contributed by atoms with Crippen molar-refractivity contribution in [2.24, 2.45) is 0 Å². The normalized spacial score (nSPS) is 23.2. The summed E-state index contributed by atoms with van der Waals surface area (Å²) < 4.78 is 11.7. The number of benzene rings is 2. The standard InChI is InChI=1S/C31H33N5O5/c1-40-24-17-35(18-24)28-8-3-20-12-19(2-6-26(20)32-28)14-34-11-10-23(16-34)41-22-4-5-25-21(13-22)15-36(31(25)39)27-7-9-29(37)33-30(27)38/h2-6,8,12-13,23-24,27H,7,9-11,14-18H2,1H3,(H,33,37,38)/t23-,27?/m0/s1. The number of carbonyl (C=O) groups excluding carboxylic acids is 3. The highest BCUT2D eigenvalue weighted by molar-refractivity contribution is 6.05. The maximum Gasteiger partial charge on any atom is 0.255 e. The maximum absolute atomic E-state index is 13.0. The lowest BCUT2D eigenvalue weighted by molar-refractivity contribution is -0.136. The Morgan fingerprint density at radius 1 is 0.976 bits per heavy atom. The van der Waals surface area contributed by atoms with Crippen molar-refractivity contribution < 1.29 is 23.9 Å². The number of fused-ring (bicyclic) bond motifs is 2. The SMILES string of the molecule is COC1CN(c2ccc3cc(CN4CC[C@H](Oc5ccc6c(c5)CN(C5CCC(=O)NC5=O)C6=O)C4)ccc3n2)C1. The van der Waals surface area contributed by atoms with Gasteiger partial charge in [0.25, 0.3) is 5.91 Å². The number of likely N-dealkylation sites (tertiary alicyclic amines) is 1. The highest BCUT2D eigenvalue weighted by Gasteiger charge is 2.39. The van der Waals surface area contributed by atoms with Crippen molar-refractivity contribution in [2.45, 2.75) is 50.6 Å². The average Bonchev–Trinajstić information content (AvgIpc) is 3.51. The van der Waals surface area contributed by atoms with E-state index in [2.05, 4.69) is 45.4 Å². The molecule has 0 radical (unpaired) electrons. The number of carbonyl (C=O) groups is 3. The van der Waals surface area contributed by atoms with Crippen LogP contribution < -0.4 is 15.0 Å². The van der Waals surface area contributed by atoms with Crippen molar-refractivity contribution >= 4 is 34.4 Å². The summed E-state index contributed by atoms with van der Waals surface area (Å²) in [5.41, 5.74) is 3.70. The van der Waals surface area contributed by atoms with Crippen LogP contribution in [0.4, 0.5) is 5.82 Å². The first kappa shape index (κ1) is 25.9. The first-order valence-electron chi connectivity index (χ1n) is 14.3. The molecular formula is C31H33N5O5. The average molecular weight is 556 g/mol. The molecule has 41 heavy (non-hydrogen) atoms. The van der Waals surface area contributed by atoms with Gasteiger partial charge in [0.2, 0.25) is 11.8 Å². The molecule has 3 fully saturated rings. The van der Waals surface area contributed by atoms with Crippen molar-refractivity contribution in [3.63, 3.8) is 0 Å². The lowest BCUT2D eigenvalue weighted by Crippen LogP contribution is -2.52. The fraction of sp³-hybridized carbons (Fsp3) is 0.419. The molecule has 2 atom stereocenters. The smallest absolute Gasteiger partial charge is 0.255 e. The Kier molecular flexibility index (Phi) is 6.59. The monoisotopic (exact) mass is 555 g/mol. The number of nitrogens with zero attached hydrogens (tertiary/aromatic N) is 4. The summed E-state index contributed by atoms with van der Waals surface area (Å²) in [5.74, 6) is 0.879. The van der Waals surface area contributed by atoms with Gasteiger partial charge in [0.15, 0.2) is 0 Å². The molecule has 4 aliphatic heterocycles. The number of hydrogen-bond donors (Lipinski definition) is 1. The molecule has 4 aliphatic rings. The Morgan fingerprint density at radius 3 is 2.68 bits per heavy atom. The van der Waals surface area contributed by atoms with E-state index in [-0.39, 0.29) is 24.3 Å². The van der Waals surface area contributed by atoms with Crippen LogP contribution in [-0.2, 0) is 27.4 Å². The second kappa shape index (κ2) is 10.4. The minimum absolute atomic E-state index is 0.0635. The van der Waals surface area contributed by atoms with Crippen molar-refractivity contribution in [1.82, 2.24) is 20.1 Å². The number of nitrogens with one attached hydrogen (secondary N) is 1. The first-order valence-corrected chi connectivity index (χ1v) is 14.3. The van der Waals surface area contributed by atoms with Gasteiger partial charge in [-0.05, 0) is 66.4 Å². The molecule has 2 aromatic carbocycles. The summed E-state index contributed by atoms with van der Waals surface area (Å²) in [7, 11) is 1.75. The van der Waals surface area contributed by atoms with Gasteiger partial charge in [-0.25, -0.2) is 4.98 Å². The maximum atomic E-state index is 13.0. The van der Waals surface area contributed by atoms with Crippen molar-refractivity contribution in [3.8, 4) is 5.75 Å². The lowest BCUT2D eigenvalue weighted by Gasteiger charge is -2.39. The minimum Gasteiger partial charge on any atom is -0.489 e. The van der Waals surface area contributed by atoms with Crippen LogP contribution in [-0.4, -0.2) is 84.0 Å². The highest BCUT2D eigenvalue weighted by Crippen LogP contribution is 2.31. The molecule has 10 nitrogen and oxygen atoms in total. The second-order valence-corrected chi connectivity index (χ2v) is 11.4. The molecule has 3 saturated heterocycles. The predicted octanol–water partition coefficient (Wildman–Crippen LogP) is 2.48. The molecule has 0 saturated carbocycles. The van der Waals surface area contributed by atoms with E-state index in [0.717, 1.165) is 67.2 Å². The topological polar surface area (TPSA) is 104 Å². The van der Waals surface area contributed by atoms with E-state index in [1.807, 2.05) is 12.1 Å². The van der Waals surface area contributed by atoms with Crippen LogP contribution >= 0.6 is 0 Å². The molecule has 5 heterocycles. The molecule has 10 heteroatoms. The summed E-state index contributed by atoms with van der Waals surface area (Å²) in [6.45, 7) is 4.73. The van der Waals surface area contributed by atoms with Gasteiger partial charge >= 0.3 is 0 Å². The Bertz CT molecular complexity index is 1540. The van der Waals surface area contributed by atoms with Crippen LogP contribution in [0.3, 0.4) is 0 Å². The highest BCUT2D eigenvalue weighted by atomic mass is 16.5. The first-order chi connectivity index (χ1) is 19.9. The van der Waals surface area contributed by atoms with Crippen LogP contribution in [0.5, 0.6) is 5.75 Å². The Morgan fingerprint density at radius 2 is 1.85 bits per heavy atom. The quantitative estimate of drug-likeness (QED) is 0.444. The Hall–Kier alpha value is -4.02. The number of rotatable bonds is 7. The third-order valence-corrected chi connectivity index (χ3v) is 8.68. The number of amides is 3. The fourth-order valence-electron chi connectivity index (χ4n) is 6.32. The molecule has 1 N–H and O–H groups in total. The fourth-order valence-corrected chi connectivity index (χ4v) is 6.32. The van der Waals surface area contributed by atoms with Gasteiger partial charge in [0.1, 0.15) is 23.7 Å². The summed E-state index contributed by atoms with van der Waals surface area (Å²) >= 11 is 0. The molecule has 1 aromatic heterocycles. The van der Waals surface area contributed by atoms with Gasteiger partial charge < -0.3 is 19.3 Å². The molecule has 0 bridgehead atoms. The van der Waals surface area contributed by atoms with Gasteiger partial charge in [0.05, 0.1) is 11.6 Å². The van der Waals surface area contributed by atoms with Crippen molar-refractivity contribution in [3.05, 3.63) is 65.2 Å². The third-order valence-electron chi connectivity index (χ3n) is 8.68. The number of ether oxygens (including phenoxy) is 2. The van der Waals surface area contributed by atoms with Gasteiger partial charge in [-0.15, -0.1) is 0 Å². The zero-order valence-corrected chi connectivity index (χ0v) is 23.0. The minimum atomic E-state index is -0.613. The Labute approximate surface area is 238 Å². The number of pyridine rings is 1. The third kappa shape index (κ3) is 5.02. The number of hydrogen-bond acceptors (Lipinski definition) is 8. The van der Waals surface area contributed by atoms with Gasteiger partial charge in [-0.2, -0.15) is 0 Å². The van der Waals surface area contributed by atoms with E-state index >= 15 is 0 Å². The summed E-state index contributed by atoms with van der Waals surface area (Å²) in [5, 5.41) is 3.49. The molecule has 212 valence electrons. The van der Waals surface area contributed by atoms with Crippen LogP contribution in [0.1, 0.15) is 40.7 Å². The number of methoxy groups -OCH3 is 1. The zero-order valence-electron chi connectivity index (χ0n) is 23.0. The molecule has 3 aromatic rings. The predicted molar refractivity (Wildman–Crippen MR) is 152 cm³/mol. The van der Waals surface area contributed by atoms with E-state index < -0.39 is 11.9 Å². The van der Waals surface area contributed by atoms with Crippen LogP contribution in [0.25, 0.3) is 10.9 Å². The van der Waals surface area contributed by atoms with Gasteiger partial charge in [0, 0.05) is 63.7 Å². The van der Waals surface area contributed by atoms with Crippen molar-refractivity contribution in [2.75, 3.05) is 38.2 Å². The molecule has 0 aliphatic carbocycles. The molecule has 3 amide bonds. The van der Waals surface area contributed by atoms with E-state index in [0.29, 0.717) is 24.6 Å². The number of piperidine rings is 1. The zero-order chi connectivity index (χ0) is 28.1. The molecular weight excluding hydrogens is 522 g/mol. The Balaban J connectivity index is 0.952. The summed E-state index contributed by atoms with van der Waals surface area (Å²) in [6.07, 6.45) is 1.89. The van der Waals surface area contributed by atoms with Crippen LogP contribution in [0.15, 0.2) is 48.5 Å². The second-order valence-electron chi connectivity index (χ2n) is 11.4. The largest absolute Gasteiger partial charge is 0.489 e. The molecule has 0 spiro atoms. The number of aromatic nitrogens is 1. The van der Waals surface area contributed by atoms with Crippen molar-refractivity contribution in [1.29, 1.82) is 0 Å². The summed E-state index contributed by atoms with van der Waals surface area (Å²) in [6, 6.07) is 15.7.